The summed E-state index contributed by atoms with van der Waals surface area (Å²) in [5.74, 6) is 0. The molecule has 6 heteroatoms. The number of amides is 1. The molecule has 2 aliphatic heterocycles. The van der Waals surface area contributed by atoms with E-state index in [2.05, 4.69) is 4.90 Å². The number of carbonyl (C=O) groups is 1. The van der Waals surface area contributed by atoms with Crippen molar-refractivity contribution in [3.05, 3.63) is 35.9 Å². The van der Waals surface area contributed by atoms with Gasteiger partial charge in [-0.15, -0.1) is 0 Å². The lowest BCUT2D eigenvalue weighted by Gasteiger charge is -2.55. The molecule has 2 fully saturated rings. The summed E-state index contributed by atoms with van der Waals surface area (Å²) in [6, 6.07) is 9.72. The van der Waals surface area contributed by atoms with Gasteiger partial charge in [0.15, 0.2) is 0 Å². The van der Waals surface area contributed by atoms with Crippen molar-refractivity contribution in [2.24, 2.45) is 0 Å². The van der Waals surface area contributed by atoms with Crippen molar-refractivity contribution in [3.8, 4) is 0 Å². The summed E-state index contributed by atoms with van der Waals surface area (Å²) >= 11 is 0. The van der Waals surface area contributed by atoms with E-state index in [0.29, 0.717) is 0 Å². The molecular weight excluding hydrogens is 344 g/mol. The number of aliphatic hydroxyl groups is 2. The van der Waals surface area contributed by atoms with Gasteiger partial charge in [0.1, 0.15) is 11.2 Å². The van der Waals surface area contributed by atoms with Crippen molar-refractivity contribution in [1.29, 1.82) is 0 Å². The van der Waals surface area contributed by atoms with Crippen LogP contribution in [0.15, 0.2) is 30.3 Å². The molecule has 27 heavy (non-hydrogen) atoms. The molecule has 0 radical (unpaired) electrons. The monoisotopic (exact) mass is 376 g/mol. The summed E-state index contributed by atoms with van der Waals surface area (Å²) in [5, 5.41) is 21.3. The van der Waals surface area contributed by atoms with Gasteiger partial charge in [-0.3, -0.25) is 4.90 Å². The Morgan fingerprint density at radius 3 is 2.52 bits per heavy atom. The van der Waals surface area contributed by atoms with Crippen LogP contribution in [0.2, 0.25) is 0 Å². The lowest BCUT2D eigenvalue weighted by Crippen LogP contribution is -2.73. The molecule has 0 aromatic heterocycles. The zero-order valence-electron chi connectivity index (χ0n) is 16.6. The summed E-state index contributed by atoms with van der Waals surface area (Å²) in [6.07, 6.45) is 2.58. The average Bonchev–Trinajstić information content (AvgIpc) is 2.59. The number of hydrogen-bond acceptors (Lipinski definition) is 5. The maximum absolute atomic E-state index is 12.2. The van der Waals surface area contributed by atoms with Crippen molar-refractivity contribution in [2.45, 2.75) is 63.3 Å². The van der Waals surface area contributed by atoms with Crippen LogP contribution in [0.3, 0.4) is 0 Å². The molecule has 0 bridgehead atoms. The minimum atomic E-state index is -0.959. The van der Waals surface area contributed by atoms with E-state index in [0.717, 1.165) is 31.4 Å². The molecule has 2 unspecified atom stereocenters. The third-order valence-electron chi connectivity index (χ3n) is 5.50. The van der Waals surface area contributed by atoms with Crippen LogP contribution in [0.4, 0.5) is 4.79 Å². The molecule has 2 atom stereocenters. The summed E-state index contributed by atoms with van der Waals surface area (Å²) in [5.41, 5.74) is -0.449. The van der Waals surface area contributed by atoms with Crippen LogP contribution in [0.5, 0.6) is 0 Å². The predicted octanol–water partition coefficient (Wildman–Crippen LogP) is 2.56. The number of rotatable bonds is 4. The standard InChI is InChI=1S/C21H32N2O4/c1-20(2,3)27-19(25)22-14-21(26,15-22)18-11-7-8-12-23(18)17(13-24)16-9-5-4-6-10-16/h4-6,9-10,17-18,24,26H,7-8,11-15H2,1-3H3. The van der Waals surface area contributed by atoms with Crippen LogP contribution in [0.25, 0.3) is 0 Å². The molecule has 6 nitrogen and oxygen atoms in total. The van der Waals surface area contributed by atoms with Crippen molar-refractivity contribution in [1.82, 2.24) is 9.80 Å². The van der Waals surface area contributed by atoms with Crippen LogP contribution in [0.1, 0.15) is 51.6 Å². The van der Waals surface area contributed by atoms with Crippen LogP contribution in [-0.2, 0) is 4.74 Å². The molecule has 2 aliphatic rings. The molecule has 0 saturated carbocycles. The SMILES string of the molecule is CC(C)(C)OC(=O)N1CC(O)(C2CCCCN2C(CO)c2ccccc2)C1. The minimum Gasteiger partial charge on any atom is -0.444 e. The second kappa shape index (κ2) is 7.78. The fourth-order valence-corrected chi connectivity index (χ4v) is 4.26. The van der Waals surface area contributed by atoms with Gasteiger partial charge in [-0.2, -0.15) is 0 Å². The zero-order valence-corrected chi connectivity index (χ0v) is 16.6. The highest BCUT2D eigenvalue weighted by Crippen LogP contribution is 2.38. The maximum Gasteiger partial charge on any atom is 0.410 e. The topological polar surface area (TPSA) is 73.2 Å². The molecule has 150 valence electrons. The Morgan fingerprint density at radius 1 is 1.26 bits per heavy atom. The third kappa shape index (κ3) is 4.45. The van der Waals surface area contributed by atoms with Crippen molar-refractivity contribution in [3.63, 3.8) is 0 Å². The van der Waals surface area contributed by atoms with Gasteiger partial charge in [0.25, 0.3) is 0 Å². The molecule has 1 amide bonds. The number of hydrogen-bond donors (Lipinski definition) is 2. The van der Waals surface area contributed by atoms with E-state index in [1.807, 2.05) is 51.1 Å². The van der Waals surface area contributed by atoms with Crippen molar-refractivity contribution >= 4 is 6.09 Å². The van der Waals surface area contributed by atoms with Gasteiger partial charge in [0.05, 0.1) is 25.7 Å². The van der Waals surface area contributed by atoms with E-state index < -0.39 is 11.2 Å². The van der Waals surface area contributed by atoms with E-state index in [-0.39, 0.29) is 37.9 Å². The highest BCUT2D eigenvalue weighted by Gasteiger charge is 2.53. The molecule has 0 spiro atoms. The van der Waals surface area contributed by atoms with Crippen LogP contribution in [0, 0.1) is 0 Å². The first-order chi connectivity index (χ1) is 12.7. The van der Waals surface area contributed by atoms with E-state index in [1.165, 1.54) is 0 Å². The van der Waals surface area contributed by atoms with Gasteiger partial charge >= 0.3 is 6.09 Å². The van der Waals surface area contributed by atoms with Gasteiger partial charge in [-0.05, 0) is 45.7 Å². The maximum atomic E-state index is 12.2. The molecule has 3 rings (SSSR count). The Balaban J connectivity index is 1.71. The zero-order chi connectivity index (χ0) is 19.7. The highest BCUT2D eigenvalue weighted by molar-refractivity contribution is 5.69. The summed E-state index contributed by atoms with van der Waals surface area (Å²) in [6.45, 7) is 6.90. The van der Waals surface area contributed by atoms with E-state index in [4.69, 9.17) is 4.74 Å². The highest BCUT2D eigenvalue weighted by atomic mass is 16.6. The van der Waals surface area contributed by atoms with E-state index in [1.54, 1.807) is 4.90 Å². The molecular formula is C21H32N2O4. The van der Waals surface area contributed by atoms with Gasteiger partial charge in [0, 0.05) is 6.04 Å². The third-order valence-corrected chi connectivity index (χ3v) is 5.50. The summed E-state index contributed by atoms with van der Waals surface area (Å²) < 4.78 is 5.41. The quantitative estimate of drug-likeness (QED) is 0.845. The number of carbonyl (C=O) groups excluding carboxylic acids is 1. The number of benzene rings is 1. The first-order valence-corrected chi connectivity index (χ1v) is 9.85. The van der Waals surface area contributed by atoms with Crippen LogP contribution in [-0.4, -0.2) is 69.6 Å². The number of nitrogens with zero attached hydrogens (tertiary/aromatic N) is 2. The second-order valence-corrected chi connectivity index (χ2v) is 8.80. The second-order valence-electron chi connectivity index (χ2n) is 8.80. The molecule has 0 aliphatic carbocycles. The Hall–Kier alpha value is -1.63. The Labute approximate surface area is 161 Å². The fourth-order valence-electron chi connectivity index (χ4n) is 4.26. The van der Waals surface area contributed by atoms with Gasteiger partial charge < -0.3 is 19.8 Å². The number of aliphatic hydroxyl groups excluding tert-OH is 1. The number of β-amino-alcohol motifs (C(OH)–C–C–N with tert-alkyl or cyclic N) is 1. The summed E-state index contributed by atoms with van der Waals surface area (Å²) in [7, 11) is 0. The average molecular weight is 376 g/mol. The Kier molecular flexibility index (Phi) is 5.79. The first-order valence-electron chi connectivity index (χ1n) is 9.85. The smallest absolute Gasteiger partial charge is 0.410 e. The van der Waals surface area contributed by atoms with Crippen LogP contribution < -0.4 is 0 Å². The predicted molar refractivity (Wildman–Crippen MR) is 103 cm³/mol. The molecule has 2 N–H and O–H groups in total. The van der Waals surface area contributed by atoms with Gasteiger partial charge in [0.2, 0.25) is 0 Å². The fraction of sp³-hybridized carbons (Fsp3) is 0.667. The van der Waals surface area contributed by atoms with Gasteiger partial charge in [-0.25, -0.2) is 4.79 Å². The minimum absolute atomic E-state index is 0.00632. The first kappa shape index (κ1) is 20.1. The molecule has 1 aromatic carbocycles. The lowest BCUT2D eigenvalue weighted by molar-refractivity contribution is -0.158. The van der Waals surface area contributed by atoms with E-state index in [9.17, 15) is 15.0 Å². The van der Waals surface area contributed by atoms with Crippen molar-refractivity contribution < 1.29 is 19.7 Å². The summed E-state index contributed by atoms with van der Waals surface area (Å²) in [4.78, 5) is 16.0. The Bertz CT molecular complexity index is 637. The Morgan fingerprint density at radius 2 is 1.93 bits per heavy atom. The molecule has 2 saturated heterocycles. The van der Waals surface area contributed by atoms with Crippen LogP contribution >= 0.6 is 0 Å². The number of ether oxygens (including phenoxy) is 1. The normalized spacial score (nSPS) is 24.2. The molecule has 2 heterocycles. The largest absolute Gasteiger partial charge is 0.444 e. The molecule has 1 aromatic rings. The number of likely N-dealkylation sites (tertiary alicyclic amines) is 2. The number of piperidine rings is 1. The van der Waals surface area contributed by atoms with E-state index >= 15 is 0 Å². The van der Waals surface area contributed by atoms with Gasteiger partial charge in [-0.1, -0.05) is 36.8 Å². The lowest BCUT2D eigenvalue weighted by atomic mass is 9.79. The van der Waals surface area contributed by atoms with Crippen molar-refractivity contribution in [2.75, 3.05) is 26.2 Å².